The van der Waals surface area contributed by atoms with Gasteiger partial charge in [0.05, 0.1) is 6.20 Å². The van der Waals surface area contributed by atoms with Gasteiger partial charge in [0.1, 0.15) is 11.6 Å². The van der Waals surface area contributed by atoms with Gasteiger partial charge >= 0.3 is 0 Å². The first-order chi connectivity index (χ1) is 16.3. The molecule has 0 radical (unpaired) electrons. The van der Waals surface area contributed by atoms with Crippen LogP contribution < -0.4 is 21.7 Å². The number of aliphatic imine (C=N–C) groups is 1. The second-order valence-corrected chi connectivity index (χ2v) is 9.37. The second-order valence-electron chi connectivity index (χ2n) is 8.93. The van der Waals surface area contributed by atoms with Gasteiger partial charge in [-0.1, -0.05) is 17.7 Å². The van der Waals surface area contributed by atoms with Crippen LogP contribution in [0.25, 0.3) is 5.57 Å². The summed E-state index contributed by atoms with van der Waals surface area (Å²) in [5.74, 6) is -1.24. The molecule has 5 rings (SSSR count). The van der Waals surface area contributed by atoms with Gasteiger partial charge in [0.15, 0.2) is 0 Å². The monoisotopic (exact) mass is 479 g/mol. The quantitative estimate of drug-likeness (QED) is 0.441. The van der Waals surface area contributed by atoms with Gasteiger partial charge in [-0.3, -0.25) is 10.4 Å². The summed E-state index contributed by atoms with van der Waals surface area (Å²) < 4.78 is 16.0. The predicted octanol–water partition coefficient (Wildman–Crippen LogP) is 4.13. The fourth-order valence-electron chi connectivity index (χ4n) is 4.22. The molecule has 3 heterocycles. The van der Waals surface area contributed by atoms with E-state index in [1.807, 2.05) is 10.9 Å². The molecule has 2 aromatic carbocycles. The molecule has 0 fully saturated rings. The summed E-state index contributed by atoms with van der Waals surface area (Å²) in [7, 11) is 0. The van der Waals surface area contributed by atoms with E-state index >= 15 is 0 Å². The Morgan fingerprint density at radius 3 is 2.82 bits per heavy atom. The fourth-order valence-corrected chi connectivity index (χ4v) is 4.44. The standard InChI is InChI=1S/C25H27ClFN7/c1-15(2)34-14-18(12-31-34)23-13-30-25(28,19-8-20(26)10-21(27)9-19)33-24(23)32-22-4-3-16-5-6-29-11-17(16)7-22/h3-4,7-10,12-15,29,32-33H,5-6,11,28H2,1-2H3. The molecular formula is C25H27ClFN7. The highest BCUT2D eigenvalue weighted by Gasteiger charge is 2.32. The predicted molar refractivity (Wildman–Crippen MR) is 134 cm³/mol. The second kappa shape index (κ2) is 8.87. The third kappa shape index (κ3) is 4.44. The summed E-state index contributed by atoms with van der Waals surface area (Å²) in [6.07, 6.45) is 6.47. The molecule has 5 N–H and O–H groups in total. The van der Waals surface area contributed by atoms with Gasteiger partial charge in [-0.05, 0) is 68.3 Å². The number of hydrogen-bond donors (Lipinski definition) is 4. The van der Waals surface area contributed by atoms with Crippen molar-refractivity contribution in [3.05, 3.63) is 87.7 Å². The molecule has 0 saturated heterocycles. The van der Waals surface area contributed by atoms with Gasteiger partial charge in [0.25, 0.3) is 0 Å². The summed E-state index contributed by atoms with van der Waals surface area (Å²) in [6, 6.07) is 10.7. The molecule has 2 aliphatic heterocycles. The third-order valence-corrected chi connectivity index (χ3v) is 6.31. The van der Waals surface area contributed by atoms with Crippen LogP contribution in [0, 0.1) is 5.82 Å². The molecule has 7 nitrogen and oxygen atoms in total. The van der Waals surface area contributed by atoms with Crippen molar-refractivity contribution in [3.8, 4) is 0 Å². The number of nitrogens with zero attached hydrogens (tertiary/aromatic N) is 3. The van der Waals surface area contributed by atoms with Crippen LogP contribution in [0.2, 0.25) is 5.02 Å². The van der Waals surface area contributed by atoms with E-state index in [0.717, 1.165) is 36.3 Å². The number of benzene rings is 2. The van der Waals surface area contributed by atoms with E-state index in [2.05, 4.69) is 58.1 Å². The average Bonchev–Trinajstić information content (AvgIpc) is 3.29. The first-order valence-electron chi connectivity index (χ1n) is 11.3. The van der Waals surface area contributed by atoms with Gasteiger partial charge in [0.2, 0.25) is 5.79 Å². The van der Waals surface area contributed by atoms with E-state index in [1.54, 1.807) is 18.5 Å². The summed E-state index contributed by atoms with van der Waals surface area (Å²) in [6.45, 7) is 5.95. The molecule has 0 bridgehead atoms. The van der Waals surface area contributed by atoms with E-state index in [0.29, 0.717) is 11.4 Å². The molecule has 176 valence electrons. The summed E-state index contributed by atoms with van der Waals surface area (Å²) in [5.41, 5.74) is 12.2. The van der Waals surface area contributed by atoms with Crippen LogP contribution in [0.15, 0.2) is 59.6 Å². The van der Waals surface area contributed by atoms with Crippen LogP contribution in [0.1, 0.15) is 42.1 Å². The number of nitrogens with one attached hydrogen (secondary N) is 3. The van der Waals surface area contributed by atoms with Crippen molar-refractivity contribution in [1.82, 2.24) is 20.4 Å². The topological polar surface area (TPSA) is 92.3 Å². The van der Waals surface area contributed by atoms with Crippen molar-refractivity contribution in [1.29, 1.82) is 0 Å². The Hall–Kier alpha value is -3.20. The van der Waals surface area contributed by atoms with E-state index in [-0.39, 0.29) is 11.1 Å². The summed E-state index contributed by atoms with van der Waals surface area (Å²) in [4.78, 5) is 4.56. The number of fused-ring (bicyclic) bond motifs is 1. The molecule has 9 heteroatoms. The smallest absolute Gasteiger partial charge is 0.210 e. The van der Waals surface area contributed by atoms with Crippen LogP contribution in [-0.4, -0.2) is 22.5 Å². The van der Waals surface area contributed by atoms with Gasteiger partial charge in [-0.2, -0.15) is 5.10 Å². The zero-order valence-electron chi connectivity index (χ0n) is 19.1. The lowest BCUT2D eigenvalue weighted by atomic mass is 10.00. The highest BCUT2D eigenvalue weighted by molar-refractivity contribution is 6.30. The van der Waals surface area contributed by atoms with Crippen LogP contribution in [0.3, 0.4) is 0 Å². The first kappa shape index (κ1) is 22.6. The van der Waals surface area contributed by atoms with Crippen molar-refractivity contribution in [2.45, 2.75) is 38.6 Å². The van der Waals surface area contributed by atoms with Crippen molar-refractivity contribution < 1.29 is 4.39 Å². The van der Waals surface area contributed by atoms with Crippen LogP contribution >= 0.6 is 11.6 Å². The first-order valence-corrected chi connectivity index (χ1v) is 11.7. The van der Waals surface area contributed by atoms with Gasteiger partial charge in [-0.25, -0.2) is 9.38 Å². The Morgan fingerprint density at radius 1 is 1.21 bits per heavy atom. The van der Waals surface area contributed by atoms with Crippen molar-refractivity contribution in [3.63, 3.8) is 0 Å². The Kier molecular flexibility index (Phi) is 5.89. The fraction of sp³-hybridized carbons (Fsp3) is 0.280. The molecule has 1 unspecified atom stereocenters. The zero-order valence-corrected chi connectivity index (χ0v) is 19.8. The molecule has 2 aliphatic rings. The lowest BCUT2D eigenvalue weighted by molar-refractivity contribution is 0.398. The number of rotatable bonds is 5. The van der Waals surface area contributed by atoms with E-state index < -0.39 is 11.6 Å². The molecule has 1 atom stereocenters. The molecule has 0 aliphatic carbocycles. The lowest BCUT2D eigenvalue weighted by Gasteiger charge is -2.34. The van der Waals surface area contributed by atoms with Gasteiger partial charge in [0, 0.05) is 52.4 Å². The molecule has 0 spiro atoms. The summed E-state index contributed by atoms with van der Waals surface area (Å²) in [5, 5.41) is 14.9. The SMILES string of the molecule is CC(C)n1cc(C2=C(Nc3ccc4c(c3)CNCC4)NC(N)(c3cc(F)cc(Cl)c3)N=C2)cn1. The molecular weight excluding hydrogens is 453 g/mol. The maximum absolute atomic E-state index is 14.1. The number of nitrogens with two attached hydrogens (primary N) is 1. The lowest BCUT2D eigenvalue weighted by Crippen LogP contribution is -2.51. The molecule has 1 aromatic heterocycles. The number of allylic oxidation sites excluding steroid dienone is 1. The maximum atomic E-state index is 14.1. The van der Waals surface area contributed by atoms with Gasteiger partial charge < -0.3 is 16.0 Å². The minimum absolute atomic E-state index is 0.218. The number of aromatic nitrogens is 2. The van der Waals surface area contributed by atoms with Crippen LogP contribution in [0.4, 0.5) is 10.1 Å². The largest absolute Gasteiger partial charge is 0.341 e. The molecule has 0 saturated carbocycles. The van der Waals surface area contributed by atoms with E-state index in [4.69, 9.17) is 17.3 Å². The van der Waals surface area contributed by atoms with Crippen LogP contribution in [-0.2, 0) is 18.8 Å². The van der Waals surface area contributed by atoms with Crippen LogP contribution in [0.5, 0.6) is 0 Å². The number of halogens is 2. The normalized spacial score (nSPS) is 19.8. The minimum atomic E-state index is -1.40. The molecule has 34 heavy (non-hydrogen) atoms. The number of anilines is 1. The summed E-state index contributed by atoms with van der Waals surface area (Å²) >= 11 is 6.10. The van der Waals surface area contributed by atoms with Gasteiger partial charge in [-0.15, -0.1) is 0 Å². The Morgan fingerprint density at radius 2 is 2.06 bits per heavy atom. The molecule has 0 amide bonds. The van der Waals surface area contributed by atoms with E-state index in [9.17, 15) is 4.39 Å². The Bertz CT molecular complexity index is 1280. The van der Waals surface area contributed by atoms with Crippen molar-refractivity contribution in [2.75, 3.05) is 11.9 Å². The van der Waals surface area contributed by atoms with E-state index in [1.165, 1.54) is 23.3 Å². The molecule has 3 aromatic rings. The third-order valence-electron chi connectivity index (χ3n) is 6.09. The zero-order chi connectivity index (χ0) is 23.9. The average molecular weight is 480 g/mol. The maximum Gasteiger partial charge on any atom is 0.210 e. The van der Waals surface area contributed by atoms with Crippen molar-refractivity contribution >= 4 is 29.1 Å². The Balaban J connectivity index is 1.55. The minimum Gasteiger partial charge on any atom is -0.341 e. The Labute approximate surface area is 202 Å². The number of hydrogen-bond acceptors (Lipinski definition) is 6. The highest BCUT2D eigenvalue weighted by atomic mass is 35.5. The van der Waals surface area contributed by atoms with Crippen molar-refractivity contribution in [2.24, 2.45) is 10.7 Å². The highest BCUT2D eigenvalue weighted by Crippen LogP contribution is 2.30.